The first kappa shape index (κ1) is 17.2. The number of halogens is 3. The van der Waals surface area contributed by atoms with Crippen molar-refractivity contribution in [2.24, 2.45) is 5.10 Å². The monoisotopic (exact) mass is 492 g/mol. The number of hydrogen-bond donors (Lipinski definition) is 1. The van der Waals surface area contributed by atoms with Crippen molar-refractivity contribution in [1.29, 1.82) is 0 Å². The predicted molar refractivity (Wildman–Crippen MR) is 94.2 cm³/mol. The molecule has 0 atom stereocenters. The predicted octanol–water partition coefficient (Wildman–Crippen LogP) is 4.40. The highest BCUT2D eigenvalue weighted by molar-refractivity contribution is 9.13. The molecule has 0 fully saturated rings. The van der Waals surface area contributed by atoms with Crippen LogP contribution in [0, 0.1) is 6.92 Å². The lowest BCUT2D eigenvalue weighted by Gasteiger charge is -2.07. The Morgan fingerprint density at radius 3 is 2.73 bits per heavy atom. The molecule has 1 heterocycles. The zero-order valence-corrected chi connectivity index (χ0v) is 16.2. The number of hydrazone groups is 1. The van der Waals surface area contributed by atoms with Gasteiger partial charge in [-0.25, -0.2) is 5.43 Å². The van der Waals surface area contributed by atoms with Crippen molar-refractivity contribution in [1.82, 2.24) is 5.43 Å². The number of benzene rings is 1. The molecule has 1 aromatic heterocycles. The van der Waals surface area contributed by atoms with Crippen molar-refractivity contribution in [3.05, 3.63) is 49.2 Å². The van der Waals surface area contributed by atoms with Gasteiger partial charge in [-0.3, -0.25) is 4.79 Å². The van der Waals surface area contributed by atoms with E-state index in [2.05, 4.69) is 58.3 Å². The van der Waals surface area contributed by atoms with Gasteiger partial charge < -0.3 is 9.15 Å². The van der Waals surface area contributed by atoms with Crippen molar-refractivity contribution >= 4 is 59.9 Å². The highest BCUT2D eigenvalue weighted by atomic mass is 79.9. The first-order valence-corrected chi connectivity index (χ1v) is 8.49. The normalized spacial score (nSPS) is 10.9. The van der Waals surface area contributed by atoms with Gasteiger partial charge >= 0.3 is 0 Å². The third-order valence-electron chi connectivity index (χ3n) is 2.49. The van der Waals surface area contributed by atoms with Crippen molar-refractivity contribution < 1.29 is 13.9 Å². The second-order valence-corrected chi connectivity index (χ2v) is 6.72. The van der Waals surface area contributed by atoms with E-state index in [-0.39, 0.29) is 12.5 Å². The molecule has 2 rings (SSSR count). The van der Waals surface area contributed by atoms with E-state index in [0.717, 1.165) is 14.5 Å². The summed E-state index contributed by atoms with van der Waals surface area (Å²) in [5.74, 6) is 0.735. The maximum atomic E-state index is 11.6. The standard InChI is InChI=1S/C14H11Br3N2O3/c1-8-2-3-12(10(15)4-8)21-7-13(20)19-18-6-9-5-11(16)14(17)22-9/h2-6H,7H2,1H3,(H,19,20). The van der Waals surface area contributed by atoms with Crippen LogP contribution in [0.5, 0.6) is 5.75 Å². The van der Waals surface area contributed by atoms with Gasteiger partial charge in [-0.2, -0.15) is 5.10 Å². The minimum Gasteiger partial charge on any atom is -0.483 e. The van der Waals surface area contributed by atoms with Crippen molar-refractivity contribution in [2.45, 2.75) is 6.92 Å². The molecule has 2 aromatic rings. The zero-order chi connectivity index (χ0) is 16.1. The lowest BCUT2D eigenvalue weighted by Crippen LogP contribution is -2.24. The number of rotatable bonds is 5. The van der Waals surface area contributed by atoms with E-state index >= 15 is 0 Å². The fourth-order valence-electron chi connectivity index (χ4n) is 1.49. The Hall–Kier alpha value is -1.12. The topological polar surface area (TPSA) is 63.8 Å². The Morgan fingerprint density at radius 1 is 1.32 bits per heavy atom. The van der Waals surface area contributed by atoms with Gasteiger partial charge in [0.1, 0.15) is 11.5 Å². The lowest BCUT2D eigenvalue weighted by molar-refractivity contribution is -0.123. The fraction of sp³-hybridized carbons (Fsp3) is 0.143. The van der Waals surface area contributed by atoms with Crippen LogP contribution in [0.15, 0.2) is 47.4 Å². The van der Waals surface area contributed by atoms with Gasteiger partial charge in [-0.05, 0) is 72.4 Å². The maximum Gasteiger partial charge on any atom is 0.277 e. The summed E-state index contributed by atoms with van der Waals surface area (Å²) in [5.41, 5.74) is 3.46. The molecule has 22 heavy (non-hydrogen) atoms. The number of amides is 1. The van der Waals surface area contributed by atoms with E-state index in [1.807, 2.05) is 19.1 Å². The Kier molecular flexibility index (Phi) is 6.22. The van der Waals surface area contributed by atoms with E-state index in [9.17, 15) is 4.79 Å². The second kappa shape index (κ2) is 7.94. The molecule has 0 aliphatic carbocycles. The molecule has 1 amide bonds. The van der Waals surface area contributed by atoms with Gasteiger partial charge in [-0.1, -0.05) is 6.07 Å². The smallest absolute Gasteiger partial charge is 0.277 e. The molecule has 1 N–H and O–H groups in total. The van der Waals surface area contributed by atoms with Gasteiger partial charge in [0.25, 0.3) is 5.91 Å². The molecule has 1 aromatic carbocycles. The molecular formula is C14H11Br3N2O3. The van der Waals surface area contributed by atoms with Crippen LogP contribution in [0.3, 0.4) is 0 Å². The van der Waals surface area contributed by atoms with Gasteiger partial charge in [0.05, 0.1) is 15.2 Å². The third kappa shape index (κ3) is 4.96. The average Bonchev–Trinajstić information content (AvgIpc) is 2.76. The molecule has 0 aliphatic rings. The Bertz CT molecular complexity index is 694. The molecular weight excluding hydrogens is 484 g/mol. The van der Waals surface area contributed by atoms with Crippen molar-refractivity contribution in [3.63, 3.8) is 0 Å². The summed E-state index contributed by atoms with van der Waals surface area (Å²) in [5, 5.41) is 3.79. The molecule has 0 unspecified atom stereocenters. The van der Waals surface area contributed by atoms with Crippen molar-refractivity contribution in [3.8, 4) is 5.75 Å². The van der Waals surface area contributed by atoms with Gasteiger partial charge in [-0.15, -0.1) is 0 Å². The summed E-state index contributed by atoms with van der Waals surface area (Å²) < 4.78 is 12.8. The van der Waals surface area contributed by atoms with E-state index in [0.29, 0.717) is 16.2 Å². The van der Waals surface area contributed by atoms with E-state index in [1.54, 1.807) is 12.1 Å². The number of ether oxygens (including phenoxy) is 1. The maximum absolute atomic E-state index is 11.6. The van der Waals surface area contributed by atoms with Crippen LogP contribution in [0.2, 0.25) is 0 Å². The molecule has 0 aliphatic heterocycles. The van der Waals surface area contributed by atoms with Crippen LogP contribution < -0.4 is 10.2 Å². The summed E-state index contributed by atoms with van der Waals surface area (Å²) in [4.78, 5) is 11.6. The molecule has 0 spiro atoms. The summed E-state index contributed by atoms with van der Waals surface area (Å²) in [6, 6.07) is 7.34. The lowest BCUT2D eigenvalue weighted by atomic mass is 10.2. The summed E-state index contributed by atoms with van der Waals surface area (Å²) >= 11 is 9.88. The number of furan rings is 1. The van der Waals surface area contributed by atoms with E-state index in [4.69, 9.17) is 9.15 Å². The van der Waals surface area contributed by atoms with Gasteiger partial charge in [0, 0.05) is 6.07 Å². The molecule has 116 valence electrons. The van der Waals surface area contributed by atoms with Crippen LogP contribution in [0.25, 0.3) is 0 Å². The third-order valence-corrected chi connectivity index (χ3v) is 4.82. The highest BCUT2D eigenvalue weighted by Gasteiger charge is 2.06. The SMILES string of the molecule is Cc1ccc(OCC(=O)NN=Cc2cc(Br)c(Br)o2)c(Br)c1. The van der Waals surface area contributed by atoms with Crippen LogP contribution in [0.4, 0.5) is 0 Å². The Morgan fingerprint density at radius 2 is 2.09 bits per heavy atom. The zero-order valence-electron chi connectivity index (χ0n) is 11.4. The molecule has 5 nitrogen and oxygen atoms in total. The molecule has 0 saturated heterocycles. The first-order valence-electron chi connectivity index (χ1n) is 6.11. The number of nitrogens with zero attached hydrogens (tertiary/aromatic N) is 1. The number of nitrogens with one attached hydrogen (secondary N) is 1. The van der Waals surface area contributed by atoms with Gasteiger partial charge in [0.15, 0.2) is 11.3 Å². The van der Waals surface area contributed by atoms with Crippen LogP contribution in [-0.2, 0) is 4.79 Å². The number of hydrogen-bond acceptors (Lipinski definition) is 4. The Balaban J connectivity index is 1.83. The molecule has 8 heteroatoms. The number of carbonyl (C=O) groups is 1. The van der Waals surface area contributed by atoms with Crippen LogP contribution >= 0.6 is 47.8 Å². The summed E-state index contributed by atoms with van der Waals surface area (Å²) in [6.07, 6.45) is 1.40. The van der Waals surface area contributed by atoms with Crippen LogP contribution in [-0.4, -0.2) is 18.7 Å². The Labute approximate surface area is 152 Å². The van der Waals surface area contributed by atoms with Crippen molar-refractivity contribution in [2.75, 3.05) is 6.61 Å². The minimum atomic E-state index is -0.367. The van der Waals surface area contributed by atoms with Crippen LogP contribution in [0.1, 0.15) is 11.3 Å². The summed E-state index contributed by atoms with van der Waals surface area (Å²) in [7, 11) is 0. The average molecular weight is 495 g/mol. The molecule has 0 radical (unpaired) electrons. The van der Waals surface area contributed by atoms with E-state index < -0.39 is 0 Å². The molecule has 0 saturated carbocycles. The number of aryl methyl sites for hydroxylation is 1. The minimum absolute atomic E-state index is 0.134. The molecule has 0 bridgehead atoms. The highest BCUT2D eigenvalue weighted by Crippen LogP contribution is 2.26. The fourth-order valence-corrected chi connectivity index (χ4v) is 2.71. The quantitative estimate of drug-likeness (QED) is 0.495. The summed E-state index contributed by atoms with van der Waals surface area (Å²) in [6.45, 7) is 1.84. The largest absolute Gasteiger partial charge is 0.483 e. The number of carbonyl (C=O) groups excluding carboxylic acids is 1. The second-order valence-electron chi connectivity index (χ2n) is 4.29. The van der Waals surface area contributed by atoms with Gasteiger partial charge in [0.2, 0.25) is 0 Å². The van der Waals surface area contributed by atoms with E-state index in [1.165, 1.54) is 6.21 Å². The first-order chi connectivity index (χ1) is 10.5.